The smallest absolute Gasteiger partial charge is 0.264 e. The molecule has 7 heteroatoms. The van der Waals surface area contributed by atoms with Gasteiger partial charge in [-0.2, -0.15) is 0 Å². The zero-order valence-electron chi connectivity index (χ0n) is 9.67. The van der Waals surface area contributed by atoms with Crippen molar-refractivity contribution >= 4 is 15.9 Å². The summed E-state index contributed by atoms with van der Waals surface area (Å²) >= 11 is 0. The highest BCUT2D eigenvalue weighted by Gasteiger charge is 2.19. The predicted molar refractivity (Wildman–Crippen MR) is 63.7 cm³/mol. The number of hydrogen-bond donors (Lipinski definition) is 2. The van der Waals surface area contributed by atoms with Crippen LogP contribution in [0, 0.1) is 0 Å². The van der Waals surface area contributed by atoms with E-state index in [1.165, 1.54) is 32.2 Å². The monoisotopic (exact) mass is 257 g/mol. The molecule has 17 heavy (non-hydrogen) atoms. The van der Waals surface area contributed by atoms with Gasteiger partial charge in [-0.3, -0.25) is 9.78 Å². The summed E-state index contributed by atoms with van der Waals surface area (Å²) in [6.45, 7) is 3.18. The number of amides is 1. The van der Waals surface area contributed by atoms with Gasteiger partial charge in [0.25, 0.3) is 5.91 Å². The third-order valence-electron chi connectivity index (χ3n) is 2.14. The van der Waals surface area contributed by atoms with Crippen LogP contribution in [0.3, 0.4) is 0 Å². The van der Waals surface area contributed by atoms with Crippen LogP contribution in [0.1, 0.15) is 29.9 Å². The molecule has 0 aliphatic rings. The van der Waals surface area contributed by atoms with Gasteiger partial charge in [0.2, 0.25) is 10.0 Å². The summed E-state index contributed by atoms with van der Waals surface area (Å²) in [7, 11) is -3.62. The summed E-state index contributed by atoms with van der Waals surface area (Å²) in [4.78, 5) is 15.6. The summed E-state index contributed by atoms with van der Waals surface area (Å²) in [5, 5.41) is -0.665. The number of nitrogens with two attached hydrogens (primary N) is 1. The fourth-order valence-corrected chi connectivity index (χ4v) is 1.65. The lowest BCUT2D eigenvalue weighted by Crippen LogP contribution is -2.35. The highest BCUT2D eigenvalue weighted by atomic mass is 32.2. The van der Waals surface area contributed by atoms with Crippen LogP contribution in [-0.2, 0) is 16.6 Å². The Morgan fingerprint density at radius 1 is 1.53 bits per heavy atom. The van der Waals surface area contributed by atoms with Gasteiger partial charge in [-0.05, 0) is 26.0 Å². The van der Waals surface area contributed by atoms with Crippen molar-refractivity contribution in [3.63, 3.8) is 0 Å². The number of sulfonamides is 1. The lowest BCUT2D eigenvalue weighted by molar-refractivity contribution is 0.0981. The van der Waals surface area contributed by atoms with Gasteiger partial charge in [-0.1, -0.05) is 0 Å². The Balaban J connectivity index is 2.91. The largest absolute Gasteiger partial charge is 0.325 e. The van der Waals surface area contributed by atoms with E-state index in [-0.39, 0.29) is 12.1 Å². The van der Waals surface area contributed by atoms with Gasteiger partial charge < -0.3 is 5.73 Å². The molecule has 0 unspecified atom stereocenters. The molecule has 1 rings (SSSR count). The lowest BCUT2D eigenvalue weighted by Gasteiger charge is -2.09. The molecule has 3 N–H and O–H groups in total. The number of carbonyl (C=O) groups excluding carboxylic acids is 1. The second-order valence-electron chi connectivity index (χ2n) is 3.76. The zero-order valence-corrected chi connectivity index (χ0v) is 10.5. The third kappa shape index (κ3) is 3.50. The van der Waals surface area contributed by atoms with Crippen molar-refractivity contribution in [2.45, 2.75) is 25.6 Å². The van der Waals surface area contributed by atoms with Crippen LogP contribution in [0.5, 0.6) is 0 Å². The molecule has 1 aromatic rings. The molecule has 0 aromatic carbocycles. The number of carbonyl (C=O) groups is 1. The number of hydrogen-bond acceptors (Lipinski definition) is 5. The first-order valence-corrected chi connectivity index (χ1v) is 6.62. The van der Waals surface area contributed by atoms with E-state index in [1.54, 1.807) is 0 Å². The molecule has 1 amide bonds. The van der Waals surface area contributed by atoms with E-state index in [1.807, 2.05) is 4.72 Å². The predicted octanol–water partition coefficient (Wildman–Crippen LogP) is 0.00830. The maximum absolute atomic E-state index is 11.7. The Morgan fingerprint density at radius 3 is 2.71 bits per heavy atom. The second kappa shape index (κ2) is 5.24. The van der Waals surface area contributed by atoms with Crippen molar-refractivity contribution in [2.75, 3.05) is 0 Å². The molecule has 0 fully saturated rings. The van der Waals surface area contributed by atoms with E-state index in [2.05, 4.69) is 4.98 Å². The van der Waals surface area contributed by atoms with E-state index in [0.29, 0.717) is 5.69 Å². The molecule has 0 atom stereocenters. The molecule has 94 valence electrons. The first kappa shape index (κ1) is 13.6. The number of nitrogens with zero attached hydrogens (tertiary/aromatic N) is 1. The van der Waals surface area contributed by atoms with Gasteiger partial charge in [-0.25, -0.2) is 13.1 Å². The van der Waals surface area contributed by atoms with Crippen molar-refractivity contribution in [3.05, 3.63) is 29.6 Å². The molecule has 1 aromatic heterocycles. The van der Waals surface area contributed by atoms with Crippen LogP contribution in [0.25, 0.3) is 0 Å². The first-order valence-electron chi connectivity index (χ1n) is 5.07. The Labute approximate surface area is 100 Å². The number of pyridine rings is 1. The molecule has 0 saturated heterocycles. The second-order valence-corrected chi connectivity index (χ2v) is 6.00. The van der Waals surface area contributed by atoms with Gasteiger partial charge in [0.1, 0.15) is 0 Å². The maximum atomic E-state index is 11.7. The van der Waals surface area contributed by atoms with E-state index in [4.69, 9.17) is 5.73 Å². The summed E-state index contributed by atoms with van der Waals surface area (Å²) < 4.78 is 25.0. The molecule has 0 saturated carbocycles. The van der Waals surface area contributed by atoms with Crippen LogP contribution in [0.4, 0.5) is 0 Å². The van der Waals surface area contributed by atoms with E-state index in [0.717, 1.165) is 0 Å². The van der Waals surface area contributed by atoms with Crippen molar-refractivity contribution in [3.8, 4) is 0 Å². The number of rotatable bonds is 4. The minimum atomic E-state index is -3.62. The van der Waals surface area contributed by atoms with Crippen LogP contribution in [0.2, 0.25) is 0 Å². The summed E-state index contributed by atoms with van der Waals surface area (Å²) in [6, 6.07) is 2.90. The van der Waals surface area contributed by atoms with Crippen LogP contribution in [0.15, 0.2) is 18.3 Å². The van der Waals surface area contributed by atoms with Crippen LogP contribution >= 0.6 is 0 Å². The molecule has 6 nitrogen and oxygen atoms in total. The van der Waals surface area contributed by atoms with Gasteiger partial charge >= 0.3 is 0 Å². The molecule has 0 spiro atoms. The average Bonchev–Trinajstić information content (AvgIpc) is 2.28. The minimum absolute atomic E-state index is 0.193. The van der Waals surface area contributed by atoms with Crippen LogP contribution < -0.4 is 10.5 Å². The molecular weight excluding hydrogens is 242 g/mol. The van der Waals surface area contributed by atoms with Gasteiger partial charge in [0.05, 0.1) is 10.9 Å². The van der Waals surface area contributed by atoms with E-state index < -0.39 is 21.2 Å². The first-order chi connectivity index (χ1) is 7.86. The standard InChI is InChI=1S/C10H15N3O3S/c1-7(2)17(15,16)13-10(14)8-3-4-12-9(5-8)6-11/h3-5,7H,6,11H2,1-2H3,(H,13,14). The third-order valence-corrected chi connectivity index (χ3v) is 3.85. The molecule has 0 radical (unpaired) electrons. The van der Waals surface area contributed by atoms with Crippen molar-refractivity contribution in [1.29, 1.82) is 0 Å². The van der Waals surface area contributed by atoms with E-state index >= 15 is 0 Å². The van der Waals surface area contributed by atoms with Gasteiger partial charge in [0.15, 0.2) is 0 Å². The highest BCUT2D eigenvalue weighted by Crippen LogP contribution is 2.04. The Hall–Kier alpha value is -1.47. The number of nitrogens with one attached hydrogen (secondary N) is 1. The fourth-order valence-electron chi connectivity index (χ4n) is 1.04. The Bertz CT molecular complexity index is 511. The zero-order chi connectivity index (χ0) is 13.1. The normalized spacial score (nSPS) is 11.5. The average molecular weight is 257 g/mol. The van der Waals surface area contributed by atoms with Crippen molar-refractivity contribution < 1.29 is 13.2 Å². The topological polar surface area (TPSA) is 102 Å². The van der Waals surface area contributed by atoms with Gasteiger partial charge in [0, 0.05) is 18.3 Å². The SMILES string of the molecule is CC(C)S(=O)(=O)NC(=O)c1ccnc(CN)c1. The highest BCUT2D eigenvalue weighted by molar-refractivity contribution is 7.90. The maximum Gasteiger partial charge on any atom is 0.264 e. The van der Waals surface area contributed by atoms with E-state index in [9.17, 15) is 13.2 Å². The van der Waals surface area contributed by atoms with Crippen LogP contribution in [-0.4, -0.2) is 24.6 Å². The lowest BCUT2D eigenvalue weighted by atomic mass is 10.2. The quantitative estimate of drug-likeness (QED) is 0.791. The summed E-state index contributed by atoms with van der Waals surface area (Å²) in [5.74, 6) is -0.671. The fraction of sp³-hybridized carbons (Fsp3) is 0.400. The Kier molecular flexibility index (Phi) is 4.19. The molecule has 0 aliphatic heterocycles. The summed E-state index contributed by atoms with van der Waals surface area (Å²) in [5.41, 5.74) is 6.14. The molecule has 0 bridgehead atoms. The number of aromatic nitrogens is 1. The summed E-state index contributed by atoms with van der Waals surface area (Å²) in [6.07, 6.45) is 1.42. The molecular formula is C10H15N3O3S. The van der Waals surface area contributed by atoms with Crippen molar-refractivity contribution in [1.82, 2.24) is 9.71 Å². The van der Waals surface area contributed by atoms with Gasteiger partial charge in [-0.15, -0.1) is 0 Å². The molecule has 1 heterocycles. The van der Waals surface area contributed by atoms with Crippen molar-refractivity contribution in [2.24, 2.45) is 5.73 Å². The minimum Gasteiger partial charge on any atom is -0.325 e. The molecule has 0 aliphatic carbocycles. The Morgan fingerprint density at radius 2 is 2.18 bits per heavy atom.